The molecule has 0 radical (unpaired) electrons. The molecule has 1 N–H and O–H groups in total. The molecule has 0 saturated heterocycles. The number of rotatable bonds is 6. The van der Waals surface area contributed by atoms with E-state index < -0.39 is 0 Å². The summed E-state index contributed by atoms with van der Waals surface area (Å²) >= 11 is 1.61. The third-order valence-corrected chi connectivity index (χ3v) is 4.94. The van der Waals surface area contributed by atoms with Gasteiger partial charge in [0, 0.05) is 11.9 Å². The third kappa shape index (κ3) is 3.71. The first-order valence-corrected chi connectivity index (χ1v) is 9.10. The fourth-order valence-corrected chi connectivity index (χ4v) is 3.61. The van der Waals surface area contributed by atoms with Gasteiger partial charge in [-0.05, 0) is 23.3 Å². The molecule has 2 heterocycles. The maximum atomic E-state index is 5.42. The summed E-state index contributed by atoms with van der Waals surface area (Å²) in [4.78, 5) is 4.67. The predicted octanol–water partition coefficient (Wildman–Crippen LogP) is 5.28. The smallest absolute Gasteiger partial charge is 0.162 e. The number of nitrogens with zero attached hydrogens (tertiary/aromatic N) is 1. The highest BCUT2D eigenvalue weighted by Gasteiger charge is 2.14. The number of hydrogen-bond acceptors (Lipinski definition) is 4. The Morgan fingerprint density at radius 2 is 1.56 bits per heavy atom. The van der Waals surface area contributed by atoms with E-state index in [9.17, 15) is 0 Å². The van der Waals surface area contributed by atoms with E-state index >= 15 is 0 Å². The van der Waals surface area contributed by atoms with Gasteiger partial charge >= 0.3 is 0 Å². The molecular weight excluding hydrogens is 328 g/mol. The van der Waals surface area contributed by atoms with Gasteiger partial charge in [0.1, 0.15) is 0 Å². The first-order chi connectivity index (χ1) is 12.4. The average molecular weight is 346 g/mol. The average Bonchev–Trinajstić information content (AvgIpc) is 3.35. The molecule has 0 aliphatic heterocycles. The Balaban J connectivity index is 1.54. The van der Waals surface area contributed by atoms with Gasteiger partial charge < -0.3 is 9.73 Å². The van der Waals surface area contributed by atoms with E-state index in [-0.39, 0.29) is 6.04 Å². The molecule has 0 unspecified atom stereocenters. The maximum absolute atomic E-state index is 5.42. The number of benzene rings is 2. The first kappa shape index (κ1) is 15.8. The van der Waals surface area contributed by atoms with Crippen molar-refractivity contribution in [2.24, 2.45) is 0 Å². The van der Waals surface area contributed by atoms with Crippen LogP contribution in [0.2, 0.25) is 0 Å². The summed E-state index contributed by atoms with van der Waals surface area (Å²) in [6.45, 7) is 0.700. The molecule has 4 heteroatoms. The van der Waals surface area contributed by atoms with Crippen LogP contribution in [0.4, 0.5) is 0 Å². The van der Waals surface area contributed by atoms with Gasteiger partial charge in [-0.2, -0.15) is 0 Å². The van der Waals surface area contributed by atoms with Crippen LogP contribution in [0.15, 0.2) is 88.9 Å². The van der Waals surface area contributed by atoms with Gasteiger partial charge in [-0.15, -0.1) is 11.3 Å². The van der Waals surface area contributed by atoms with E-state index in [1.165, 1.54) is 11.1 Å². The topological polar surface area (TPSA) is 38.1 Å². The van der Waals surface area contributed by atoms with Crippen LogP contribution < -0.4 is 5.32 Å². The molecule has 4 aromatic rings. The van der Waals surface area contributed by atoms with E-state index in [1.807, 2.05) is 24.3 Å². The summed E-state index contributed by atoms with van der Waals surface area (Å²) in [7, 11) is 0. The van der Waals surface area contributed by atoms with E-state index in [0.717, 1.165) is 16.5 Å². The number of furan rings is 1. The minimum absolute atomic E-state index is 0.135. The Bertz CT molecular complexity index is 862. The van der Waals surface area contributed by atoms with Crippen molar-refractivity contribution in [1.29, 1.82) is 0 Å². The Kier molecular flexibility index (Phi) is 4.72. The van der Waals surface area contributed by atoms with Crippen molar-refractivity contribution in [2.45, 2.75) is 12.6 Å². The molecular formula is C21H18N2OS. The second-order valence-corrected chi connectivity index (χ2v) is 6.61. The zero-order valence-corrected chi connectivity index (χ0v) is 14.4. The van der Waals surface area contributed by atoms with Gasteiger partial charge in [-0.25, -0.2) is 4.98 Å². The SMILES string of the molecule is c1ccc(C(NCc2csc(-c3ccco3)n2)c2ccccc2)cc1. The van der Waals surface area contributed by atoms with E-state index in [4.69, 9.17) is 4.42 Å². The molecule has 2 aromatic carbocycles. The third-order valence-electron chi connectivity index (χ3n) is 4.04. The Morgan fingerprint density at radius 1 is 0.880 bits per heavy atom. The van der Waals surface area contributed by atoms with Crippen molar-refractivity contribution in [3.63, 3.8) is 0 Å². The number of aromatic nitrogens is 1. The highest BCUT2D eigenvalue weighted by atomic mass is 32.1. The molecule has 0 aliphatic carbocycles. The summed E-state index contributed by atoms with van der Waals surface area (Å²) in [5.74, 6) is 0.818. The van der Waals surface area contributed by atoms with Gasteiger partial charge in [-0.3, -0.25) is 0 Å². The molecule has 0 bridgehead atoms. The van der Waals surface area contributed by atoms with Gasteiger partial charge in [0.05, 0.1) is 18.0 Å². The highest BCUT2D eigenvalue weighted by molar-refractivity contribution is 7.13. The number of hydrogen-bond donors (Lipinski definition) is 1. The first-order valence-electron chi connectivity index (χ1n) is 8.22. The van der Waals surface area contributed by atoms with Crippen molar-refractivity contribution >= 4 is 11.3 Å². The molecule has 0 fully saturated rings. The van der Waals surface area contributed by atoms with Crippen LogP contribution in [-0.2, 0) is 6.54 Å². The summed E-state index contributed by atoms with van der Waals surface area (Å²) in [6, 6.07) is 25.0. The van der Waals surface area contributed by atoms with Crippen molar-refractivity contribution in [3.8, 4) is 10.8 Å². The van der Waals surface area contributed by atoms with E-state index in [1.54, 1.807) is 17.6 Å². The van der Waals surface area contributed by atoms with E-state index in [2.05, 4.69) is 64.2 Å². The Labute approximate surface area is 151 Å². The van der Waals surface area contributed by atoms with Crippen LogP contribution in [0.5, 0.6) is 0 Å². The second-order valence-electron chi connectivity index (χ2n) is 5.76. The highest BCUT2D eigenvalue weighted by Crippen LogP contribution is 2.25. The Hall–Kier alpha value is -2.69. The lowest BCUT2D eigenvalue weighted by atomic mass is 9.99. The fraction of sp³-hybridized carbons (Fsp3) is 0.0952. The van der Waals surface area contributed by atoms with Crippen LogP contribution in [0.25, 0.3) is 10.8 Å². The van der Waals surface area contributed by atoms with Crippen LogP contribution in [0, 0.1) is 0 Å². The lowest BCUT2D eigenvalue weighted by molar-refractivity contribution is 0.579. The van der Waals surface area contributed by atoms with Gasteiger partial charge in [0.25, 0.3) is 0 Å². The number of thiazole rings is 1. The van der Waals surface area contributed by atoms with Crippen molar-refractivity contribution in [1.82, 2.24) is 10.3 Å². The zero-order chi connectivity index (χ0) is 16.9. The predicted molar refractivity (Wildman–Crippen MR) is 101 cm³/mol. The second kappa shape index (κ2) is 7.47. The van der Waals surface area contributed by atoms with Crippen LogP contribution in [0.3, 0.4) is 0 Å². The summed E-state index contributed by atoms with van der Waals surface area (Å²) in [6.07, 6.45) is 1.68. The largest absolute Gasteiger partial charge is 0.462 e. The number of nitrogens with one attached hydrogen (secondary N) is 1. The van der Waals surface area contributed by atoms with Crippen molar-refractivity contribution in [3.05, 3.63) is 101 Å². The molecule has 2 aromatic heterocycles. The van der Waals surface area contributed by atoms with Crippen molar-refractivity contribution in [2.75, 3.05) is 0 Å². The maximum Gasteiger partial charge on any atom is 0.162 e. The van der Waals surface area contributed by atoms with Gasteiger partial charge in [0.15, 0.2) is 10.8 Å². The summed E-state index contributed by atoms with van der Waals surface area (Å²) in [5, 5.41) is 6.64. The standard InChI is InChI=1S/C21H18N2OS/c1-3-8-16(9-4-1)20(17-10-5-2-6-11-17)22-14-18-15-25-21(23-18)19-12-7-13-24-19/h1-13,15,20,22H,14H2. The van der Waals surface area contributed by atoms with Crippen LogP contribution in [-0.4, -0.2) is 4.98 Å². The molecule has 25 heavy (non-hydrogen) atoms. The van der Waals surface area contributed by atoms with E-state index in [0.29, 0.717) is 6.54 Å². The summed E-state index contributed by atoms with van der Waals surface area (Å²) in [5.41, 5.74) is 3.51. The molecule has 3 nitrogen and oxygen atoms in total. The van der Waals surface area contributed by atoms with Gasteiger partial charge in [-0.1, -0.05) is 60.7 Å². The fourth-order valence-electron chi connectivity index (χ4n) is 2.83. The normalized spacial score (nSPS) is 11.1. The monoisotopic (exact) mass is 346 g/mol. The van der Waals surface area contributed by atoms with Gasteiger partial charge in [0.2, 0.25) is 0 Å². The summed E-state index contributed by atoms with van der Waals surface area (Å²) < 4.78 is 5.42. The van der Waals surface area contributed by atoms with Crippen LogP contribution >= 0.6 is 11.3 Å². The quantitative estimate of drug-likeness (QED) is 0.516. The Morgan fingerprint density at radius 3 is 2.16 bits per heavy atom. The molecule has 4 rings (SSSR count). The molecule has 0 aliphatic rings. The lowest BCUT2D eigenvalue weighted by Crippen LogP contribution is -2.22. The zero-order valence-electron chi connectivity index (χ0n) is 13.6. The molecule has 0 saturated carbocycles. The molecule has 0 spiro atoms. The lowest BCUT2D eigenvalue weighted by Gasteiger charge is -2.19. The van der Waals surface area contributed by atoms with Crippen LogP contribution in [0.1, 0.15) is 22.9 Å². The minimum atomic E-state index is 0.135. The molecule has 0 atom stereocenters. The van der Waals surface area contributed by atoms with Crippen molar-refractivity contribution < 1.29 is 4.42 Å². The molecule has 124 valence electrons. The minimum Gasteiger partial charge on any atom is -0.462 e. The molecule has 0 amide bonds.